The molecule has 0 aromatic heterocycles. The molecule has 2 N–H and O–H groups in total. The van der Waals surface area contributed by atoms with Crippen LogP contribution >= 0.6 is 0 Å². The summed E-state index contributed by atoms with van der Waals surface area (Å²) in [5.74, 6) is 6.29. The van der Waals surface area contributed by atoms with Gasteiger partial charge in [0, 0.05) is 13.0 Å². The molecule has 0 spiro atoms. The fourth-order valence-corrected chi connectivity index (χ4v) is 1.67. The topological polar surface area (TPSA) is 41.1 Å². The lowest BCUT2D eigenvalue weighted by molar-refractivity contribution is -0.123. The third kappa shape index (κ3) is 3.04. The fraction of sp³-hybridized carbons (Fsp3) is 0.727. The number of nitrogens with one attached hydrogen (secondary N) is 2. The van der Waals surface area contributed by atoms with Crippen LogP contribution in [-0.2, 0) is 4.79 Å². The highest BCUT2D eigenvalue weighted by molar-refractivity contribution is 5.82. The zero-order valence-electron chi connectivity index (χ0n) is 8.89. The van der Waals surface area contributed by atoms with E-state index in [-0.39, 0.29) is 11.9 Å². The number of carbonyl (C=O) groups is 1. The van der Waals surface area contributed by atoms with Crippen LogP contribution in [-0.4, -0.2) is 25.0 Å². The zero-order chi connectivity index (χ0) is 10.4. The molecule has 0 aromatic carbocycles. The Morgan fingerprint density at radius 3 is 3.00 bits per heavy atom. The van der Waals surface area contributed by atoms with E-state index in [2.05, 4.69) is 29.4 Å². The number of carbonyl (C=O) groups excluding carboxylic acids is 1. The largest absolute Gasteiger partial charge is 0.354 e. The van der Waals surface area contributed by atoms with Crippen LogP contribution in [0.1, 0.15) is 26.7 Å². The molecule has 1 aliphatic heterocycles. The molecule has 1 heterocycles. The molecule has 2 atom stereocenters. The van der Waals surface area contributed by atoms with Gasteiger partial charge in [0.15, 0.2) is 0 Å². The minimum atomic E-state index is 0.00425. The van der Waals surface area contributed by atoms with Gasteiger partial charge in [-0.3, -0.25) is 4.79 Å². The van der Waals surface area contributed by atoms with Gasteiger partial charge in [-0.2, -0.15) is 0 Å². The van der Waals surface area contributed by atoms with Crippen LogP contribution in [0.4, 0.5) is 0 Å². The predicted molar refractivity (Wildman–Crippen MR) is 56.6 cm³/mol. The highest BCUT2D eigenvalue weighted by atomic mass is 16.2. The molecule has 3 heteroatoms. The predicted octanol–water partition coefficient (Wildman–Crippen LogP) is 0.514. The summed E-state index contributed by atoms with van der Waals surface area (Å²) in [6.45, 7) is 5.52. The SMILES string of the molecule is CC#CCCNC(=O)C1NCCC1C. The molecule has 2 unspecified atom stereocenters. The highest BCUT2D eigenvalue weighted by Crippen LogP contribution is 2.13. The first-order valence-electron chi connectivity index (χ1n) is 5.16. The monoisotopic (exact) mass is 194 g/mol. The number of hydrogen-bond donors (Lipinski definition) is 2. The van der Waals surface area contributed by atoms with Gasteiger partial charge in [0.2, 0.25) is 5.91 Å². The average molecular weight is 194 g/mol. The van der Waals surface area contributed by atoms with Crippen LogP contribution in [0.2, 0.25) is 0 Å². The third-order valence-electron chi connectivity index (χ3n) is 2.54. The number of amides is 1. The van der Waals surface area contributed by atoms with Crippen molar-refractivity contribution >= 4 is 5.91 Å². The smallest absolute Gasteiger partial charge is 0.237 e. The van der Waals surface area contributed by atoms with Gasteiger partial charge in [0.05, 0.1) is 6.04 Å². The number of hydrogen-bond acceptors (Lipinski definition) is 2. The van der Waals surface area contributed by atoms with Crippen LogP contribution in [0, 0.1) is 17.8 Å². The van der Waals surface area contributed by atoms with E-state index in [1.54, 1.807) is 0 Å². The summed E-state index contributed by atoms with van der Waals surface area (Å²) < 4.78 is 0. The van der Waals surface area contributed by atoms with Crippen molar-refractivity contribution in [3.63, 3.8) is 0 Å². The second-order valence-corrected chi connectivity index (χ2v) is 3.67. The van der Waals surface area contributed by atoms with Gasteiger partial charge < -0.3 is 10.6 Å². The molecule has 0 aliphatic carbocycles. The Morgan fingerprint density at radius 1 is 1.64 bits per heavy atom. The Balaban J connectivity index is 2.23. The van der Waals surface area contributed by atoms with Gasteiger partial charge in [-0.05, 0) is 25.8 Å². The Bertz CT molecular complexity index is 252. The quantitative estimate of drug-likeness (QED) is 0.508. The molecule has 1 amide bonds. The van der Waals surface area contributed by atoms with E-state index < -0.39 is 0 Å². The molecule has 0 bridgehead atoms. The normalized spacial score (nSPS) is 25.3. The summed E-state index contributed by atoms with van der Waals surface area (Å²) in [5.41, 5.74) is 0. The summed E-state index contributed by atoms with van der Waals surface area (Å²) in [6.07, 6.45) is 1.83. The molecule has 1 rings (SSSR count). The van der Waals surface area contributed by atoms with E-state index >= 15 is 0 Å². The maximum atomic E-state index is 11.6. The zero-order valence-corrected chi connectivity index (χ0v) is 8.89. The van der Waals surface area contributed by atoms with Gasteiger partial charge >= 0.3 is 0 Å². The van der Waals surface area contributed by atoms with Crippen molar-refractivity contribution in [1.29, 1.82) is 0 Å². The molecular weight excluding hydrogens is 176 g/mol. The molecule has 1 aliphatic rings. The Hall–Kier alpha value is -1.01. The summed E-state index contributed by atoms with van der Waals surface area (Å²) in [5, 5.41) is 6.08. The first-order valence-corrected chi connectivity index (χ1v) is 5.16. The average Bonchev–Trinajstić information content (AvgIpc) is 2.59. The lowest BCUT2D eigenvalue weighted by Crippen LogP contribution is -2.43. The Labute approximate surface area is 85.6 Å². The summed E-state index contributed by atoms with van der Waals surface area (Å²) in [6, 6.07) is 0.00425. The van der Waals surface area contributed by atoms with E-state index in [1.807, 2.05) is 6.92 Å². The molecule has 1 fully saturated rings. The minimum Gasteiger partial charge on any atom is -0.354 e. The van der Waals surface area contributed by atoms with Crippen LogP contribution in [0.3, 0.4) is 0 Å². The standard InChI is InChI=1S/C11H18N2O/c1-3-4-5-7-13-11(14)10-9(2)6-8-12-10/h9-10,12H,5-8H2,1-2H3,(H,13,14). The second-order valence-electron chi connectivity index (χ2n) is 3.67. The van der Waals surface area contributed by atoms with E-state index in [0.717, 1.165) is 19.4 Å². The fourth-order valence-electron chi connectivity index (χ4n) is 1.67. The van der Waals surface area contributed by atoms with Crippen LogP contribution < -0.4 is 10.6 Å². The molecule has 1 saturated heterocycles. The molecule has 0 saturated carbocycles. The van der Waals surface area contributed by atoms with Crippen LogP contribution in [0.25, 0.3) is 0 Å². The lowest BCUT2D eigenvalue weighted by Gasteiger charge is -2.14. The van der Waals surface area contributed by atoms with Gasteiger partial charge in [-0.15, -0.1) is 11.8 Å². The van der Waals surface area contributed by atoms with E-state index in [4.69, 9.17) is 0 Å². The molecular formula is C11H18N2O. The van der Waals surface area contributed by atoms with Crippen molar-refractivity contribution in [1.82, 2.24) is 10.6 Å². The second kappa shape index (κ2) is 5.66. The van der Waals surface area contributed by atoms with Gasteiger partial charge in [0.25, 0.3) is 0 Å². The molecule has 78 valence electrons. The lowest BCUT2D eigenvalue weighted by atomic mass is 10.0. The van der Waals surface area contributed by atoms with E-state index in [1.165, 1.54) is 0 Å². The van der Waals surface area contributed by atoms with Crippen LogP contribution in [0.15, 0.2) is 0 Å². The first kappa shape index (κ1) is 11.1. The number of rotatable bonds is 3. The van der Waals surface area contributed by atoms with Crippen molar-refractivity contribution < 1.29 is 4.79 Å². The molecule has 0 aromatic rings. The maximum Gasteiger partial charge on any atom is 0.237 e. The maximum absolute atomic E-state index is 11.6. The Kier molecular flexibility index (Phi) is 4.48. The third-order valence-corrected chi connectivity index (χ3v) is 2.54. The minimum absolute atomic E-state index is 0.00425. The van der Waals surface area contributed by atoms with Gasteiger partial charge in [-0.1, -0.05) is 6.92 Å². The first-order chi connectivity index (χ1) is 6.75. The summed E-state index contributed by atoms with van der Waals surface area (Å²) >= 11 is 0. The van der Waals surface area contributed by atoms with Gasteiger partial charge in [-0.25, -0.2) is 0 Å². The highest BCUT2D eigenvalue weighted by Gasteiger charge is 2.28. The summed E-state index contributed by atoms with van der Waals surface area (Å²) in [4.78, 5) is 11.6. The van der Waals surface area contributed by atoms with Gasteiger partial charge in [0.1, 0.15) is 0 Å². The summed E-state index contributed by atoms with van der Waals surface area (Å²) in [7, 11) is 0. The van der Waals surface area contributed by atoms with E-state index in [0.29, 0.717) is 12.5 Å². The van der Waals surface area contributed by atoms with Crippen molar-refractivity contribution in [3.05, 3.63) is 0 Å². The molecule has 0 radical (unpaired) electrons. The van der Waals surface area contributed by atoms with E-state index in [9.17, 15) is 4.79 Å². The van der Waals surface area contributed by atoms with Crippen molar-refractivity contribution in [3.8, 4) is 11.8 Å². The van der Waals surface area contributed by atoms with Crippen LogP contribution in [0.5, 0.6) is 0 Å². The van der Waals surface area contributed by atoms with Crippen molar-refractivity contribution in [2.24, 2.45) is 5.92 Å². The molecule has 3 nitrogen and oxygen atoms in total. The Morgan fingerprint density at radius 2 is 2.43 bits per heavy atom. The molecule has 14 heavy (non-hydrogen) atoms. The van der Waals surface area contributed by atoms with Crippen molar-refractivity contribution in [2.45, 2.75) is 32.7 Å². The van der Waals surface area contributed by atoms with Crippen molar-refractivity contribution in [2.75, 3.05) is 13.1 Å².